The summed E-state index contributed by atoms with van der Waals surface area (Å²) < 4.78 is 0. The number of hydrogen-bond acceptors (Lipinski definition) is 3. The van der Waals surface area contributed by atoms with E-state index in [9.17, 15) is 5.11 Å². The molecule has 2 rings (SSSR count). The van der Waals surface area contributed by atoms with Gasteiger partial charge in [-0.15, -0.1) is 0 Å². The van der Waals surface area contributed by atoms with E-state index in [2.05, 4.69) is 50.4 Å². The van der Waals surface area contributed by atoms with Crippen molar-refractivity contribution in [3.05, 3.63) is 35.9 Å². The fourth-order valence-corrected chi connectivity index (χ4v) is 3.51. The SMILES string of the molecule is CC(C)C(C)SCC(CO)(NC1CC1)c1ccccc1. The molecule has 1 aromatic rings. The van der Waals surface area contributed by atoms with Crippen molar-refractivity contribution in [2.45, 2.75) is 50.4 Å². The van der Waals surface area contributed by atoms with Crippen molar-refractivity contribution >= 4 is 11.8 Å². The molecular weight excluding hydrogens is 266 g/mol. The smallest absolute Gasteiger partial charge is 0.0762 e. The lowest BCUT2D eigenvalue weighted by atomic mass is 9.92. The highest BCUT2D eigenvalue weighted by Gasteiger charge is 2.37. The van der Waals surface area contributed by atoms with E-state index >= 15 is 0 Å². The molecule has 0 spiro atoms. The summed E-state index contributed by atoms with van der Waals surface area (Å²) in [6.45, 7) is 6.95. The molecule has 2 nitrogen and oxygen atoms in total. The molecule has 0 bridgehead atoms. The molecule has 0 aliphatic heterocycles. The van der Waals surface area contributed by atoms with Crippen LogP contribution in [0, 0.1) is 5.92 Å². The van der Waals surface area contributed by atoms with Gasteiger partial charge < -0.3 is 10.4 Å². The lowest BCUT2D eigenvalue weighted by Gasteiger charge is -2.35. The Morgan fingerprint density at radius 2 is 1.90 bits per heavy atom. The molecule has 1 fully saturated rings. The summed E-state index contributed by atoms with van der Waals surface area (Å²) in [5.74, 6) is 1.58. The fourth-order valence-electron chi connectivity index (χ4n) is 2.23. The van der Waals surface area contributed by atoms with E-state index in [0.717, 1.165) is 5.75 Å². The van der Waals surface area contributed by atoms with E-state index in [-0.39, 0.29) is 12.1 Å². The number of aliphatic hydroxyl groups excluding tert-OH is 1. The first-order chi connectivity index (χ1) is 9.57. The molecule has 20 heavy (non-hydrogen) atoms. The molecular formula is C17H27NOS. The largest absolute Gasteiger partial charge is 0.394 e. The van der Waals surface area contributed by atoms with E-state index in [1.807, 2.05) is 17.8 Å². The molecule has 2 atom stereocenters. The molecule has 112 valence electrons. The Morgan fingerprint density at radius 3 is 2.40 bits per heavy atom. The third kappa shape index (κ3) is 4.00. The second-order valence-corrected chi connectivity index (χ2v) is 7.65. The maximum absolute atomic E-state index is 10.1. The summed E-state index contributed by atoms with van der Waals surface area (Å²) in [6, 6.07) is 11.0. The second-order valence-electron chi connectivity index (χ2n) is 6.28. The lowest BCUT2D eigenvalue weighted by molar-refractivity contribution is 0.177. The Labute approximate surface area is 127 Å². The summed E-state index contributed by atoms with van der Waals surface area (Å²) in [6.07, 6.45) is 2.47. The maximum atomic E-state index is 10.1. The first-order valence-electron chi connectivity index (χ1n) is 7.63. The van der Waals surface area contributed by atoms with E-state index in [1.54, 1.807) is 0 Å². The maximum Gasteiger partial charge on any atom is 0.0762 e. The van der Waals surface area contributed by atoms with Gasteiger partial charge in [-0.3, -0.25) is 0 Å². The molecule has 0 radical (unpaired) electrons. The van der Waals surface area contributed by atoms with Crippen LogP contribution in [-0.2, 0) is 5.54 Å². The third-order valence-electron chi connectivity index (χ3n) is 4.19. The molecule has 1 saturated carbocycles. The quantitative estimate of drug-likeness (QED) is 0.770. The standard InChI is InChI=1S/C17H27NOS/c1-13(2)14(3)20-12-17(11-19,18-16-9-10-16)15-7-5-4-6-8-15/h4-8,13-14,16,18-19H,9-12H2,1-3H3. The highest BCUT2D eigenvalue weighted by Crippen LogP contribution is 2.33. The van der Waals surface area contributed by atoms with E-state index in [0.29, 0.717) is 17.2 Å². The molecule has 1 aromatic carbocycles. The van der Waals surface area contributed by atoms with Crippen LogP contribution in [0.1, 0.15) is 39.2 Å². The van der Waals surface area contributed by atoms with Gasteiger partial charge in [-0.05, 0) is 24.3 Å². The lowest BCUT2D eigenvalue weighted by Crippen LogP contribution is -2.49. The zero-order valence-electron chi connectivity index (χ0n) is 12.8. The van der Waals surface area contributed by atoms with E-state index in [1.165, 1.54) is 18.4 Å². The van der Waals surface area contributed by atoms with Crippen LogP contribution in [0.2, 0.25) is 0 Å². The van der Waals surface area contributed by atoms with Crippen LogP contribution in [0.25, 0.3) is 0 Å². The van der Waals surface area contributed by atoms with Crippen LogP contribution < -0.4 is 5.32 Å². The number of thioether (sulfide) groups is 1. The Bertz CT molecular complexity index is 405. The van der Waals surface area contributed by atoms with Gasteiger partial charge >= 0.3 is 0 Å². The highest BCUT2D eigenvalue weighted by molar-refractivity contribution is 7.99. The van der Waals surface area contributed by atoms with E-state index < -0.39 is 0 Å². The van der Waals surface area contributed by atoms with Gasteiger partial charge in [-0.25, -0.2) is 0 Å². The Hall–Kier alpha value is -0.510. The van der Waals surface area contributed by atoms with Crippen molar-refractivity contribution in [2.24, 2.45) is 5.92 Å². The Kier molecular flexibility index (Phi) is 5.53. The van der Waals surface area contributed by atoms with E-state index in [4.69, 9.17) is 0 Å². The minimum atomic E-state index is -0.295. The summed E-state index contributed by atoms with van der Waals surface area (Å²) in [4.78, 5) is 0. The number of nitrogens with one attached hydrogen (secondary N) is 1. The zero-order valence-corrected chi connectivity index (χ0v) is 13.6. The van der Waals surface area contributed by atoms with Crippen LogP contribution in [0.4, 0.5) is 0 Å². The van der Waals surface area contributed by atoms with Gasteiger partial charge in [0.15, 0.2) is 0 Å². The number of hydrogen-bond donors (Lipinski definition) is 2. The summed E-state index contributed by atoms with van der Waals surface area (Å²) in [7, 11) is 0. The molecule has 2 N–H and O–H groups in total. The number of benzene rings is 1. The molecule has 1 aliphatic carbocycles. The van der Waals surface area contributed by atoms with Crippen molar-refractivity contribution in [3.63, 3.8) is 0 Å². The van der Waals surface area contributed by atoms with Gasteiger partial charge in [0.25, 0.3) is 0 Å². The topological polar surface area (TPSA) is 32.3 Å². The van der Waals surface area contributed by atoms with Gasteiger partial charge in [0.05, 0.1) is 12.1 Å². The number of rotatable bonds is 8. The fraction of sp³-hybridized carbons (Fsp3) is 0.647. The predicted octanol–water partition coefficient (Wildman–Crippen LogP) is 3.40. The first kappa shape index (κ1) is 15.9. The van der Waals surface area contributed by atoms with Gasteiger partial charge in [0.2, 0.25) is 0 Å². The average molecular weight is 293 g/mol. The predicted molar refractivity (Wildman–Crippen MR) is 88.1 cm³/mol. The van der Waals surface area contributed by atoms with Crippen molar-refractivity contribution in [3.8, 4) is 0 Å². The summed E-state index contributed by atoms with van der Waals surface area (Å²) >= 11 is 1.96. The van der Waals surface area contributed by atoms with Crippen molar-refractivity contribution in [1.82, 2.24) is 5.32 Å². The third-order valence-corrected chi connectivity index (χ3v) is 5.92. The molecule has 0 saturated heterocycles. The Morgan fingerprint density at radius 1 is 1.25 bits per heavy atom. The van der Waals surface area contributed by atoms with Crippen LogP contribution in [0.15, 0.2) is 30.3 Å². The van der Waals surface area contributed by atoms with Gasteiger partial charge in [0.1, 0.15) is 0 Å². The molecule has 3 heteroatoms. The van der Waals surface area contributed by atoms with Crippen LogP contribution in [0.3, 0.4) is 0 Å². The van der Waals surface area contributed by atoms with Crippen LogP contribution >= 0.6 is 11.8 Å². The van der Waals surface area contributed by atoms with Crippen molar-refractivity contribution in [1.29, 1.82) is 0 Å². The number of aliphatic hydroxyl groups is 1. The minimum Gasteiger partial charge on any atom is -0.394 e. The second kappa shape index (κ2) is 6.97. The summed E-state index contributed by atoms with van der Waals surface area (Å²) in [5, 5.41) is 14.4. The van der Waals surface area contributed by atoms with Gasteiger partial charge in [-0.1, -0.05) is 51.1 Å². The highest BCUT2D eigenvalue weighted by atomic mass is 32.2. The van der Waals surface area contributed by atoms with Crippen LogP contribution in [-0.4, -0.2) is 28.8 Å². The Balaban J connectivity index is 2.14. The molecule has 1 aliphatic rings. The zero-order chi connectivity index (χ0) is 14.6. The molecule has 0 amide bonds. The minimum absolute atomic E-state index is 0.158. The van der Waals surface area contributed by atoms with Gasteiger partial charge in [0, 0.05) is 17.0 Å². The molecule has 0 aromatic heterocycles. The normalized spacial score (nSPS) is 19.9. The average Bonchev–Trinajstić information content (AvgIpc) is 3.28. The van der Waals surface area contributed by atoms with Crippen LogP contribution in [0.5, 0.6) is 0 Å². The molecule has 2 unspecified atom stereocenters. The summed E-state index contributed by atoms with van der Waals surface area (Å²) in [5.41, 5.74) is 0.911. The van der Waals surface area contributed by atoms with Gasteiger partial charge in [-0.2, -0.15) is 11.8 Å². The monoisotopic (exact) mass is 293 g/mol. The first-order valence-corrected chi connectivity index (χ1v) is 8.68. The molecule has 0 heterocycles. The van der Waals surface area contributed by atoms with Crippen molar-refractivity contribution in [2.75, 3.05) is 12.4 Å². The van der Waals surface area contributed by atoms with Crippen molar-refractivity contribution < 1.29 is 5.11 Å².